The Kier molecular flexibility index (Phi) is 10.2. The van der Waals surface area contributed by atoms with Crippen LogP contribution in [0, 0.1) is 5.92 Å². The molecule has 0 aliphatic rings. The van der Waals surface area contributed by atoms with Gasteiger partial charge in [0.05, 0.1) is 26.4 Å². The van der Waals surface area contributed by atoms with E-state index in [1.165, 1.54) is 0 Å². The molecule has 6 nitrogen and oxygen atoms in total. The van der Waals surface area contributed by atoms with Crippen LogP contribution in [-0.4, -0.2) is 32.3 Å². The van der Waals surface area contributed by atoms with Crippen molar-refractivity contribution in [2.24, 2.45) is 5.92 Å². The Morgan fingerprint density at radius 2 is 1.76 bits per heavy atom. The second-order valence-corrected chi connectivity index (χ2v) is 7.50. The van der Waals surface area contributed by atoms with Crippen LogP contribution in [0.1, 0.15) is 59.1 Å². The molecule has 162 valence electrons. The topological polar surface area (TPSA) is 68.8 Å². The average Bonchev–Trinajstić information content (AvgIpc) is 2.69. The van der Waals surface area contributed by atoms with E-state index in [2.05, 4.69) is 29.9 Å². The monoisotopic (exact) mass is 404 g/mol. The highest BCUT2D eigenvalue weighted by atomic mass is 16.5. The molecule has 2 N–H and O–H groups in total. The standard InChI is InChI=1S/C23H36N2O4/c1-9-11-18(17-12-13-19(27-7)20(14-17)28-8)24-23(26)22(15(3)4)25-21(10-2)29-16(5)6/h12-16,18,22,25H,2,9,11H2,1,3-8H3,(H,24,26)/t18?,22-/m0/s1. The summed E-state index contributed by atoms with van der Waals surface area (Å²) in [6.45, 7) is 13.5. The number of ether oxygens (including phenoxy) is 3. The van der Waals surface area contributed by atoms with Crippen molar-refractivity contribution in [1.29, 1.82) is 0 Å². The quantitative estimate of drug-likeness (QED) is 0.401. The van der Waals surface area contributed by atoms with Crippen molar-refractivity contribution in [2.45, 2.75) is 65.6 Å². The van der Waals surface area contributed by atoms with Gasteiger partial charge >= 0.3 is 0 Å². The summed E-state index contributed by atoms with van der Waals surface area (Å²) < 4.78 is 16.4. The predicted octanol–water partition coefficient (Wildman–Crippen LogP) is 4.33. The molecule has 0 bridgehead atoms. The first-order chi connectivity index (χ1) is 13.8. The molecule has 29 heavy (non-hydrogen) atoms. The number of methoxy groups -OCH3 is 2. The van der Waals surface area contributed by atoms with E-state index < -0.39 is 6.04 Å². The van der Waals surface area contributed by atoms with Gasteiger partial charge in [0.1, 0.15) is 6.04 Å². The summed E-state index contributed by atoms with van der Waals surface area (Å²) in [6, 6.07) is 5.11. The molecule has 0 spiro atoms. The molecule has 0 aliphatic carbocycles. The van der Waals surface area contributed by atoms with Crippen LogP contribution in [0.25, 0.3) is 0 Å². The molecule has 1 unspecified atom stereocenters. The van der Waals surface area contributed by atoms with Gasteiger partial charge in [-0.1, -0.05) is 45.6 Å². The third kappa shape index (κ3) is 7.39. The highest BCUT2D eigenvalue weighted by Crippen LogP contribution is 2.31. The highest BCUT2D eigenvalue weighted by Gasteiger charge is 2.26. The van der Waals surface area contributed by atoms with Gasteiger partial charge in [0.2, 0.25) is 11.8 Å². The normalized spacial score (nSPS) is 12.7. The third-order valence-electron chi connectivity index (χ3n) is 4.45. The first-order valence-corrected chi connectivity index (χ1v) is 10.1. The summed E-state index contributed by atoms with van der Waals surface area (Å²) in [4.78, 5) is 13.1. The number of benzene rings is 1. The lowest BCUT2D eigenvalue weighted by atomic mass is 9.99. The van der Waals surface area contributed by atoms with Crippen molar-refractivity contribution < 1.29 is 19.0 Å². The number of hydrogen-bond donors (Lipinski definition) is 2. The molecular weight excluding hydrogens is 368 g/mol. The third-order valence-corrected chi connectivity index (χ3v) is 4.45. The van der Waals surface area contributed by atoms with E-state index in [4.69, 9.17) is 14.2 Å². The fraction of sp³-hybridized carbons (Fsp3) is 0.565. The lowest BCUT2D eigenvalue weighted by molar-refractivity contribution is -0.125. The Hall–Kier alpha value is -2.59. The number of rotatable bonds is 12. The molecule has 0 aliphatic heterocycles. The molecule has 0 saturated carbocycles. The number of nitrogens with one attached hydrogen (secondary N) is 2. The van der Waals surface area contributed by atoms with E-state index >= 15 is 0 Å². The number of hydrogen-bond acceptors (Lipinski definition) is 5. The molecule has 2 atom stereocenters. The maximum absolute atomic E-state index is 13.1. The van der Waals surface area contributed by atoms with Crippen LogP contribution in [0.3, 0.4) is 0 Å². The first-order valence-electron chi connectivity index (χ1n) is 10.1. The highest BCUT2D eigenvalue weighted by molar-refractivity contribution is 5.82. The number of amides is 1. The molecule has 0 fully saturated rings. The van der Waals surface area contributed by atoms with Crippen LogP contribution in [0.4, 0.5) is 0 Å². The van der Waals surface area contributed by atoms with Gasteiger partial charge in [-0.3, -0.25) is 4.79 Å². The SMILES string of the molecule is C=C=C(N[C@H](C(=O)NC(CCC)c1ccc(OC)c(OC)c1)C(C)C)OC(C)C. The van der Waals surface area contributed by atoms with Gasteiger partial charge in [0.15, 0.2) is 11.5 Å². The van der Waals surface area contributed by atoms with Gasteiger partial charge in [0, 0.05) is 0 Å². The van der Waals surface area contributed by atoms with Crippen LogP contribution in [0.5, 0.6) is 11.5 Å². The Balaban J connectivity index is 3.06. The van der Waals surface area contributed by atoms with Gasteiger partial charge in [-0.25, -0.2) is 0 Å². The summed E-state index contributed by atoms with van der Waals surface area (Å²) in [6.07, 6.45) is 1.69. The van der Waals surface area contributed by atoms with Crippen LogP contribution in [0.15, 0.2) is 36.4 Å². The summed E-state index contributed by atoms with van der Waals surface area (Å²) >= 11 is 0. The summed E-state index contributed by atoms with van der Waals surface area (Å²) in [5, 5.41) is 6.31. The van der Waals surface area contributed by atoms with E-state index in [1.54, 1.807) is 14.2 Å². The minimum absolute atomic E-state index is 0.0396. The van der Waals surface area contributed by atoms with Crippen molar-refractivity contribution in [3.63, 3.8) is 0 Å². The molecular formula is C23H36N2O4. The molecule has 1 aromatic rings. The Morgan fingerprint density at radius 1 is 1.10 bits per heavy atom. The van der Waals surface area contributed by atoms with Gasteiger partial charge in [0.25, 0.3) is 0 Å². The molecule has 1 rings (SSSR count). The number of carbonyl (C=O) groups excluding carboxylic acids is 1. The maximum atomic E-state index is 13.1. The van der Waals surface area contributed by atoms with Gasteiger partial charge in [-0.15, -0.1) is 0 Å². The molecule has 0 aromatic heterocycles. The predicted molar refractivity (Wildman–Crippen MR) is 116 cm³/mol. The second kappa shape index (κ2) is 12.1. The van der Waals surface area contributed by atoms with Gasteiger partial charge < -0.3 is 24.8 Å². The summed E-state index contributed by atoms with van der Waals surface area (Å²) in [7, 11) is 3.21. The molecule has 0 heterocycles. The Labute approximate surface area is 175 Å². The molecule has 6 heteroatoms. The molecule has 1 amide bonds. The van der Waals surface area contributed by atoms with Crippen LogP contribution >= 0.6 is 0 Å². The lowest BCUT2D eigenvalue weighted by Gasteiger charge is -2.27. The molecule has 0 saturated heterocycles. The van der Waals surface area contributed by atoms with E-state index in [0.29, 0.717) is 17.4 Å². The van der Waals surface area contributed by atoms with Crippen LogP contribution in [-0.2, 0) is 9.53 Å². The minimum Gasteiger partial charge on any atom is -0.493 e. The summed E-state index contributed by atoms with van der Waals surface area (Å²) in [5.74, 6) is 1.62. The Morgan fingerprint density at radius 3 is 2.24 bits per heavy atom. The maximum Gasteiger partial charge on any atom is 0.243 e. The largest absolute Gasteiger partial charge is 0.493 e. The van der Waals surface area contributed by atoms with Crippen molar-refractivity contribution in [3.05, 3.63) is 42.0 Å². The second-order valence-electron chi connectivity index (χ2n) is 7.50. The lowest BCUT2D eigenvalue weighted by Crippen LogP contribution is -2.48. The van der Waals surface area contributed by atoms with E-state index in [1.807, 2.05) is 45.9 Å². The average molecular weight is 405 g/mol. The van der Waals surface area contributed by atoms with Gasteiger partial charge in [-0.05, 0) is 43.9 Å². The smallest absolute Gasteiger partial charge is 0.243 e. The minimum atomic E-state index is -0.475. The zero-order chi connectivity index (χ0) is 22.0. The van der Waals surface area contributed by atoms with Gasteiger partial charge in [-0.2, -0.15) is 0 Å². The summed E-state index contributed by atoms with van der Waals surface area (Å²) in [5.41, 5.74) is 3.71. The van der Waals surface area contributed by atoms with Crippen molar-refractivity contribution in [3.8, 4) is 11.5 Å². The van der Waals surface area contributed by atoms with Crippen LogP contribution in [0.2, 0.25) is 0 Å². The van der Waals surface area contributed by atoms with Crippen molar-refractivity contribution in [2.75, 3.05) is 14.2 Å². The molecule has 0 radical (unpaired) electrons. The van der Waals surface area contributed by atoms with E-state index in [9.17, 15) is 4.79 Å². The molecule has 1 aromatic carbocycles. The first kappa shape index (κ1) is 24.4. The van der Waals surface area contributed by atoms with Crippen molar-refractivity contribution >= 4 is 5.91 Å². The van der Waals surface area contributed by atoms with E-state index in [0.717, 1.165) is 18.4 Å². The zero-order valence-electron chi connectivity index (χ0n) is 18.8. The van der Waals surface area contributed by atoms with E-state index in [-0.39, 0.29) is 24.0 Å². The zero-order valence-corrected chi connectivity index (χ0v) is 18.8. The van der Waals surface area contributed by atoms with Crippen molar-refractivity contribution in [1.82, 2.24) is 10.6 Å². The Bertz CT molecular complexity index is 709. The fourth-order valence-corrected chi connectivity index (χ4v) is 2.98. The number of carbonyl (C=O) groups is 1. The fourth-order valence-electron chi connectivity index (χ4n) is 2.98. The van der Waals surface area contributed by atoms with Crippen LogP contribution < -0.4 is 20.1 Å².